The first-order valence-corrected chi connectivity index (χ1v) is 19.6. The minimum absolute atomic E-state index is 0.0440. The predicted molar refractivity (Wildman–Crippen MR) is 160 cm³/mol. The van der Waals surface area contributed by atoms with Crippen LogP contribution in [0.3, 0.4) is 0 Å². The molecule has 2 N–H and O–H groups in total. The Morgan fingerprint density at radius 1 is 1.13 bits per heavy atom. The second-order valence-electron chi connectivity index (χ2n) is 13.3. The third kappa shape index (κ3) is 7.28. The number of hydrogen-bond acceptors (Lipinski definition) is 9. The van der Waals surface area contributed by atoms with Crippen LogP contribution in [0.25, 0.3) is 11.2 Å². The molecule has 0 aromatic carbocycles. The van der Waals surface area contributed by atoms with Gasteiger partial charge in [0.25, 0.3) is 0 Å². The first-order valence-electron chi connectivity index (χ1n) is 13.8. The quantitative estimate of drug-likeness (QED) is 0.249. The molecule has 1 saturated heterocycles. The van der Waals surface area contributed by atoms with E-state index >= 15 is 0 Å². The molecule has 0 unspecified atom stereocenters. The van der Waals surface area contributed by atoms with E-state index in [0.717, 1.165) is 0 Å². The van der Waals surface area contributed by atoms with Gasteiger partial charge in [0.05, 0.1) is 25.6 Å². The van der Waals surface area contributed by atoms with Crippen molar-refractivity contribution in [3.05, 3.63) is 19.0 Å². The van der Waals surface area contributed by atoms with Crippen LogP contribution in [-0.2, 0) is 13.6 Å². The normalized spacial score (nSPS) is 20.9. The standard InChI is InChI=1S/C27H49N5O5Si2/c1-12-15-34-24-22-23(30-25(31-24)28-13-14-33)32(18-29-22)21-16-19(37-39(10,11)27(5,6)7)20(36-21)17-35-38(8,9)26(2,3)4/h12,18-21,33H,1,13-17H2,2-11H3,(H,28,30,31)/t19-,20+,21+/m0/s1. The minimum atomic E-state index is -2.08. The van der Waals surface area contributed by atoms with Crippen LogP contribution in [0, 0.1) is 0 Å². The fraction of sp³-hybridized carbons (Fsp3) is 0.741. The van der Waals surface area contributed by atoms with Gasteiger partial charge in [0.1, 0.15) is 18.9 Å². The maximum Gasteiger partial charge on any atom is 0.247 e. The topological polar surface area (TPSA) is 113 Å². The van der Waals surface area contributed by atoms with Crippen molar-refractivity contribution in [2.24, 2.45) is 0 Å². The average Bonchev–Trinajstić information content (AvgIpc) is 3.42. The van der Waals surface area contributed by atoms with Crippen molar-refractivity contribution in [2.45, 2.75) is 103 Å². The van der Waals surface area contributed by atoms with Gasteiger partial charge in [-0.05, 0) is 36.3 Å². The zero-order chi connectivity index (χ0) is 29.2. The molecule has 1 aliphatic rings. The zero-order valence-electron chi connectivity index (χ0n) is 25.5. The van der Waals surface area contributed by atoms with Crippen LogP contribution >= 0.6 is 0 Å². The molecule has 0 radical (unpaired) electrons. The molecule has 0 amide bonds. The first kappa shape index (κ1) is 31.7. The van der Waals surface area contributed by atoms with Crippen LogP contribution in [0.2, 0.25) is 36.3 Å². The summed E-state index contributed by atoms with van der Waals surface area (Å²) in [6.07, 6.45) is 3.34. The molecule has 2 aromatic rings. The summed E-state index contributed by atoms with van der Waals surface area (Å²) >= 11 is 0. The highest BCUT2D eigenvalue weighted by atomic mass is 28.4. The number of aliphatic hydroxyl groups is 1. The first-order chi connectivity index (χ1) is 18.0. The molecule has 3 rings (SSSR count). The van der Waals surface area contributed by atoms with Gasteiger partial charge >= 0.3 is 0 Å². The number of ether oxygens (including phenoxy) is 2. The van der Waals surface area contributed by atoms with Crippen molar-refractivity contribution >= 4 is 33.7 Å². The van der Waals surface area contributed by atoms with E-state index in [2.05, 4.69) is 89.6 Å². The molecule has 39 heavy (non-hydrogen) atoms. The number of rotatable bonds is 12. The largest absolute Gasteiger partial charge is 0.472 e. The van der Waals surface area contributed by atoms with E-state index in [0.29, 0.717) is 42.6 Å². The van der Waals surface area contributed by atoms with E-state index < -0.39 is 16.6 Å². The van der Waals surface area contributed by atoms with Gasteiger partial charge in [0.15, 0.2) is 27.8 Å². The van der Waals surface area contributed by atoms with Crippen molar-refractivity contribution < 1.29 is 23.4 Å². The van der Waals surface area contributed by atoms with Gasteiger partial charge in [-0.1, -0.05) is 54.2 Å². The lowest BCUT2D eigenvalue weighted by molar-refractivity contribution is -0.0383. The van der Waals surface area contributed by atoms with Crippen molar-refractivity contribution in [2.75, 3.05) is 31.7 Å². The highest BCUT2D eigenvalue weighted by Crippen LogP contribution is 2.43. The second-order valence-corrected chi connectivity index (χ2v) is 22.8. The Morgan fingerprint density at radius 3 is 2.38 bits per heavy atom. The number of hydrogen-bond donors (Lipinski definition) is 2. The maximum absolute atomic E-state index is 9.29. The summed E-state index contributed by atoms with van der Waals surface area (Å²) in [6.45, 7) is 27.3. The number of aliphatic hydroxyl groups excluding tert-OH is 1. The number of imidazole rings is 1. The van der Waals surface area contributed by atoms with Crippen LogP contribution < -0.4 is 10.1 Å². The van der Waals surface area contributed by atoms with Gasteiger partial charge in [-0.25, -0.2) is 4.98 Å². The number of anilines is 1. The lowest BCUT2D eigenvalue weighted by Gasteiger charge is -2.40. The summed E-state index contributed by atoms with van der Waals surface area (Å²) in [5, 5.41) is 12.5. The number of nitrogens with one attached hydrogen (secondary N) is 1. The summed E-state index contributed by atoms with van der Waals surface area (Å²) in [7, 11) is -4.06. The molecule has 0 bridgehead atoms. The molecule has 0 aliphatic carbocycles. The molecule has 10 nitrogen and oxygen atoms in total. The van der Waals surface area contributed by atoms with Crippen molar-refractivity contribution in [1.29, 1.82) is 0 Å². The fourth-order valence-corrected chi connectivity index (χ4v) is 6.17. The van der Waals surface area contributed by atoms with Crippen LogP contribution in [0.15, 0.2) is 19.0 Å². The molecular formula is C27H49N5O5Si2. The highest BCUT2D eigenvalue weighted by molar-refractivity contribution is 6.74. The molecule has 1 fully saturated rings. The third-order valence-electron chi connectivity index (χ3n) is 8.28. The fourth-order valence-electron chi connectivity index (χ4n) is 3.79. The molecule has 2 aromatic heterocycles. The van der Waals surface area contributed by atoms with E-state index in [-0.39, 0.29) is 41.7 Å². The Morgan fingerprint density at radius 2 is 1.79 bits per heavy atom. The lowest BCUT2D eigenvalue weighted by atomic mass is 10.2. The Hall–Kier alpha value is -1.84. The van der Waals surface area contributed by atoms with E-state index in [4.69, 9.17) is 23.3 Å². The van der Waals surface area contributed by atoms with Gasteiger partial charge in [-0.3, -0.25) is 4.57 Å². The Labute approximate surface area is 235 Å². The predicted octanol–water partition coefficient (Wildman–Crippen LogP) is 5.50. The van der Waals surface area contributed by atoms with Crippen LogP contribution in [-0.4, -0.2) is 79.8 Å². The summed E-state index contributed by atoms with van der Waals surface area (Å²) in [5.74, 6) is 0.700. The third-order valence-corrected chi connectivity index (χ3v) is 17.3. The van der Waals surface area contributed by atoms with Crippen molar-refractivity contribution in [3.8, 4) is 5.88 Å². The van der Waals surface area contributed by atoms with Gasteiger partial charge < -0.3 is 28.7 Å². The van der Waals surface area contributed by atoms with Crippen LogP contribution in [0.4, 0.5) is 5.95 Å². The molecule has 3 atom stereocenters. The SMILES string of the molecule is C=CCOc1nc(NCCO)nc2c1ncn2[C@H]1C[C@H](O[Si](C)(C)C(C)(C)C)[C@@H](CO[Si](C)(C)C(C)(C)C)O1. The van der Waals surface area contributed by atoms with E-state index in [1.165, 1.54) is 0 Å². The summed E-state index contributed by atoms with van der Waals surface area (Å²) < 4.78 is 27.9. The van der Waals surface area contributed by atoms with Gasteiger partial charge in [0, 0.05) is 13.0 Å². The molecule has 0 spiro atoms. The highest BCUT2D eigenvalue weighted by Gasteiger charge is 2.47. The summed E-state index contributed by atoms with van der Waals surface area (Å²) in [5.41, 5.74) is 1.13. The Balaban J connectivity index is 1.96. The Kier molecular flexibility index (Phi) is 9.71. The molecular weight excluding hydrogens is 530 g/mol. The van der Waals surface area contributed by atoms with E-state index in [1.54, 1.807) is 12.4 Å². The Bertz CT molecular complexity index is 1130. The number of fused-ring (bicyclic) bond motifs is 1. The smallest absolute Gasteiger partial charge is 0.247 e. The van der Waals surface area contributed by atoms with Crippen molar-refractivity contribution in [1.82, 2.24) is 19.5 Å². The second kappa shape index (κ2) is 12.0. The van der Waals surface area contributed by atoms with Crippen LogP contribution in [0.5, 0.6) is 5.88 Å². The molecule has 3 heterocycles. The number of aromatic nitrogens is 4. The van der Waals surface area contributed by atoms with Crippen LogP contribution in [0.1, 0.15) is 54.2 Å². The van der Waals surface area contributed by atoms with Gasteiger partial charge in [-0.2, -0.15) is 9.97 Å². The maximum atomic E-state index is 9.29. The monoisotopic (exact) mass is 579 g/mol. The van der Waals surface area contributed by atoms with Crippen molar-refractivity contribution in [3.63, 3.8) is 0 Å². The summed E-state index contributed by atoms with van der Waals surface area (Å²) in [4.78, 5) is 13.7. The molecule has 220 valence electrons. The lowest BCUT2D eigenvalue weighted by Crippen LogP contribution is -2.48. The minimum Gasteiger partial charge on any atom is -0.472 e. The zero-order valence-corrected chi connectivity index (χ0v) is 27.5. The van der Waals surface area contributed by atoms with Gasteiger partial charge in [0.2, 0.25) is 11.8 Å². The molecule has 12 heteroatoms. The summed E-state index contributed by atoms with van der Waals surface area (Å²) in [6, 6.07) is 0. The van der Waals surface area contributed by atoms with E-state index in [1.807, 2.05) is 4.57 Å². The average molecular weight is 580 g/mol. The molecule has 0 saturated carbocycles. The van der Waals surface area contributed by atoms with E-state index in [9.17, 15) is 5.11 Å². The molecule has 1 aliphatic heterocycles. The number of nitrogens with zero attached hydrogens (tertiary/aromatic N) is 4. The van der Waals surface area contributed by atoms with Gasteiger partial charge in [-0.15, -0.1) is 0 Å².